The molecule has 1 aliphatic heterocycles. The highest BCUT2D eigenvalue weighted by atomic mass is 16.5. The molecule has 1 saturated heterocycles. The Kier molecular flexibility index (Phi) is 2.71. The maximum Gasteiger partial charge on any atom is 0.245 e. The van der Waals surface area contributed by atoms with Gasteiger partial charge in [-0.3, -0.25) is 4.79 Å². The molecular formula is C12H14N4O2. The normalized spacial score (nSPS) is 16.2. The summed E-state index contributed by atoms with van der Waals surface area (Å²) in [5.74, 6) is 0.729. The predicted molar refractivity (Wildman–Crippen MR) is 66.0 cm³/mol. The fraction of sp³-hybridized carbons (Fsp3) is 0.417. The maximum absolute atomic E-state index is 11.3. The van der Waals surface area contributed by atoms with Crippen molar-refractivity contribution in [2.45, 2.75) is 6.92 Å². The number of carbonyl (C=O) groups is 1. The minimum Gasteiger partial charge on any atom is -0.378 e. The highest BCUT2D eigenvalue weighted by Gasteiger charge is 2.16. The van der Waals surface area contributed by atoms with E-state index in [0.717, 1.165) is 13.1 Å². The largest absolute Gasteiger partial charge is 0.378 e. The third-order valence-corrected chi connectivity index (χ3v) is 3.03. The summed E-state index contributed by atoms with van der Waals surface area (Å²) in [6, 6.07) is 3.52. The summed E-state index contributed by atoms with van der Waals surface area (Å²) in [5.41, 5.74) is 1.35. The maximum atomic E-state index is 11.3. The number of nitrogens with zero attached hydrogens (tertiary/aromatic N) is 4. The number of rotatable bonds is 2. The van der Waals surface area contributed by atoms with Gasteiger partial charge in [0.1, 0.15) is 0 Å². The van der Waals surface area contributed by atoms with Crippen molar-refractivity contribution in [3.63, 3.8) is 0 Å². The van der Waals surface area contributed by atoms with E-state index in [4.69, 9.17) is 4.74 Å². The molecule has 0 bridgehead atoms. The summed E-state index contributed by atoms with van der Waals surface area (Å²) >= 11 is 0. The predicted octanol–water partition coefficient (Wildman–Crippen LogP) is 0.768. The van der Waals surface area contributed by atoms with E-state index in [9.17, 15) is 4.79 Å². The first-order chi connectivity index (χ1) is 8.74. The molecule has 3 rings (SSSR count). The molecule has 2 aromatic heterocycles. The van der Waals surface area contributed by atoms with Crippen LogP contribution in [-0.2, 0) is 4.74 Å². The Morgan fingerprint density at radius 2 is 2.17 bits per heavy atom. The summed E-state index contributed by atoms with van der Waals surface area (Å²) < 4.78 is 6.99. The molecule has 0 aliphatic carbocycles. The van der Waals surface area contributed by atoms with Gasteiger partial charge in [0.05, 0.1) is 13.2 Å². The molecule has 0 amide bonds. The minimum absolute atomic E-state index is 0.0356. The zero-order valence-electron chi connectivity index (χ0n) is 10.2. The van der Waals surface area contributed by atoms with Gasteiger partial charge in [-0.25, -0.2) is 4.52 Å². The van der Waals surface area contributed by atoms with Crippen molar-refractivity contribution in [2.24, 2.45) is 0 Å². The van der Waals surface area contributed by atoms with E-state index in [-0.39, 0.29) is 5.78 Å². The number of pyridine rings is 1. The van der Waals surface area contributed by atoms with Crippen LogP contribution in [0.3, 0.4) is 0 Å². The molecular weight excluding hydrogens is 232 g/mol. The molecule has 0 atom stereocenters. The van der Waals surface area contributed by atoms with Crippen LogP contribution in [0.4, 0.5) is 5.95 Å². The molecule has 0 aromatic carbocycles. The van der Waals surface area contributed by atoms with Gasteiger partial charge in [0.15, 0.2) is 11.4 Å². The van der Waals surface area contributed by atoms with Crippen LogP contribution >= 0.6 is 0 Å². The summed E-state index contributed by atoms with van der Waals surface area (Å²) in [7, 11) is 0. The van der Waals surface area contributed by atoms with Crippen LogP contribution in [0.5, 0.6) is 0 Å². The zero-order chi connectivity index (χ0) is 12.5. The van der Waals surface area contributed by atoms with Crippen LogP contribution in [0.1, 0.15) is 17.3 Å². The van der Waals surface area contributed by atoms with Gasteiger partial charge in [-0.05, 0) is 19.1 Å². The fourth-order valence-corrected chi connectivity index (χ4v) is 1.99. The molecule has 0 N–H and O–H groups in total. The topological polar surface area (TPSA) is 59.7 Å². The minimum atomic E-state index is 0.0356. The molecule has 6 nitrogen and oxygen atoms in total. The lowest BCUT2D eigenvalue weighted by Crippen LogP contribution is -2.36. The smallest absolute Gasteiger partial charge is 0.245 e. The van der Waals surface area contributed by atoms with E-state index in [2.05, 4.69) is 15.0 Å². The fourth-order valence-electron chi connectivity index (χ4n) is 1.99. The Bertz CT molecular complexity index is 587. The van der Waals surface area contributed by atoms with E-state index < -0.39 is 0 Å². The average Bonchev–Trinajstić information content (AvgIpc) is 2.82. The molecule has 2 aromatic rings. The van der Waals surface area contributed by atoms with Crippen molar-refractivity contribution < 1.29 is 9.53 Å². The van der Waals surface area contributed by atoms with Gasteiger partial charge in [-0.2, -0.15) is 4.98 Å². The quantitative estimate of drug-likeness (QED) is 0.732. The van der Waals surface area contributed by atoms with E-state index in [1.807, 2.05) is 0 Å². The van der Waals surface area contributed by atoms with Crippen LogP contribution in [0.15, 0.2) is 18.3 Å². The number of carbonyl (C=O) groups excluding carboxylic acids is 1. The second-order valence-corrected chi connectivity index (χ2v) is 4.29. The van der Waals surface area contributed by atoms with Crippen molar-refractivity contribution in [1.82, 2.24) is 14.6 Å². The number of morpholine rings is 1. The second kappa shape index (κ2) is 4.38. The Balaban J connectivity index is 1.97. The summed E-state index contributed by atoms with van der Waals surface area (Å²) in [5, 5.41) is 4.40. The molecule has 6 heteroatoms. The van der Waals surface area contributed by atoms with Crippen LogP contribution in [0.2, 0.25) is 0 Å². The lowest BCUT2D eigenvalue weighted by atomic mass is 10.2. The number of Topliss-reactive ketones (excluding diaryl/α,β-unsaturated/α-hetero) is 1. The first-order valence-corrected chi connectivity index (χ1v) is 5.94. The van der Waals surface area contributed by atoms with Gasteiger partial charge in [-0.1, -0.05) is 0 Å². The van der Waals surface area contributed by atoms with Gasteiger partial charge in [0, 0.05) is 24.8 Å². The van der Waals surface area contributed by atoms with Gasteiger partial charge in [0.2, 0.25) is 5.95 Å². The Hall–Kier alpha value is -1.95. The number of fused-ring (bicyclic) bond motifs is 1. The Morgan fingerprint density at radius 1 is 1.39 bits per heavy atom. The van der Waals surface area contributed by atoms with E-state index in [1.165, 1.54) is 0 Å². The van der Waals surface area contributed by atoms with E-state index in [0.29, 0.717) is 30.4 Å². The van der Waals surface area contributed by atoms with Gasteiger partial charge < -0.3 is 9.64 Å². The third kappa shape index (κ3) is 1.95. The Labute approximate surface area is 104 Å². The summed E-state index contributed by atoms with van der Waals surface area (Å²) in [6.07, 6.45) is 1.77. The first-order valence-electron chi connectivity index (χ1n) is 5.94. The monoisotopic (exact) mass is 246 g/mol. The Morgan fingerprint density at radius 3 is 2.89 bits per heavy atom. The average molecular weight is 246 g/mol. The molecule has 94 valence electrons. The lowest BCUT2D eigenvalue weighted by molar-refractivity contribution is 0.101. The third-order valence-electron chi connectivity index (χ3n) is 3.03. The number of hydrogen-bond donors (Lipinski definition) is 0. The molecule has 1 fully saturated rings. The zero-order valence-corrected chi connectivity index (χ0v) is 10.2. The molecule has 0 saturated carbocycles. The molecule has 0 unspecified atom stereocenters. The second-order valence-electron chi connectivity index (χ2n) is 4.29. The summed E-state index contributed by atoms with van der Waals surface area (Å²) in [4.78, 5) is 17.8. The standard InChI is InChI=1S/C12H14N4O2/c1-9(17)10-2-3-16-11(8-10)13-12(14-16)15-4-6-18-7-5-15/h2-3,8H,4-7H2,1H3. The highest BCUT2D eigenvalue weighted by Crippen LogP contribution is 2.13. The SMILES string of the molecule is CC(=O)c1ccn2nc(N3CCOCC3)nc2c1. The highest BCUT2D eigenvalue weighted by molar-refractivity contribution is 5.94. The molecule has 0 radical (unpaired) electrons. The van der Waals surface area contributed by atoms with Crippen LogP contribution in [-0.4, -0.2) is 46.7 Å². The molecule has 0 spiro atoms. The first kappa shape index (κ1) is 11.2. The number of anilines is 1. The summed E-state index contributed by atoms with van der Waals surface area (Å²) in [6.45, 7) is 4.56. The van der Waals surface area contributed by atoms with Crippen LogP contribution in [0.25, 0.3) is 5.65 Å². The lowest BCUT2D eigenvalue weighted by Gasteiger charge is -2.25. The van der Waals surface area contributed by atoms with Gasteiger partial charge in [-0.15, -0.1) is 5.10 Å². The van der Waals surface area contributed by atoms with Gasteiger partial charge in [0.25, 0.3) is 0 Å². The van der Waals surface area contributed by atoms with Crippen LogP contribution < -0.4 is 4.90 Å². The number of ether oxygens (including phenoxy) is 1. The van der Waals surface area contributed by atoms with Crippen LogP contribution in [0, 0.1) is 0 Å². The van der Waals surface area contributed by atoms with E-state index in [1.54, 1.807) is 29.8 Å². The van der Waals surface area contributed by atoms with Crippen molar-refractivity contribution >= 4 is 17.4 Å². The number of ketones is 1. The van der Waals surface area contributed by atoms with Crippen molar-refractivity contribution in [2.75, 3.05) is 31.2 Å². The molecule has 3 heterocycles. The number of hydrogen-bond acceptors (Lipinski definition) is 5. The number of aromatic nitrogens is 3. The molecule has 1 aliphatic rings. The van der Waals surface area contributed by atoms with Crippen molar-refractivity contribution in [1.29, 1.82) is 0 Å². The molecule has 18 heavy (non-hydrogen) atoms. The van der Waals surface area contributed by atoms with E-state index >= 15 is 0 Å². The van der Waals surface area contributed by atoms with Crippen molar-refractivity contribution in [3.05, 3.63) is 23.9 Å². The van der Waals surface area contributed by atoms with Crippen molar-refractivity contribution in [3.8, 4) is 0 Å². The van der Waals surface area contributed by atoms with Gasteiger partial charge >= 0.3 is 0 Å².